The Morgan fingerprint density at radius 3 is 3.10 bits per heavy atom. The molecule has 0 spiro atoms. The van der Waals surface area contributed by atoms with Gasteiger partial charge in [-0.25, -0.2) is 0 Å². The zero-order chi connectivity index (χ0) is 14.1. The maximum atomic E-state index is 4.52. The van der Waals surface area contributed by atoms with Crippen molar-refractivity contribution in [1.82, 2.24) is 0 Å². The number of anilines is 2. The van der Waals surface area contributed by atoms with Gasteiger partial charge in [-0.2, -0.15) is 0 Å². The van der Waals surface area contributed by atoms with Gasteiger partial charge in [0.2, 0.25) is 0 Å². The summed E-state index contributed by atoms with van der Waals surface area (Å²) < 4.78 is 8.95. The number of hydrogen-bond acceptors (Lipinski definition) is 4. The van der Waals surface area contributed by atoms with Crippen molar-refractivity contribution >= 4 is 37.3 Å². The van der Waals surface area contributed by atoms with Crippen molar-refractivity contribution in [2.45, 2.75) is 19.4 Å². The molecule has 2 aromatic rings. The molecular formula is C16H16N4Se. The van der Waals surface area contributed by atoms with Gasteiger partial charge >= 0.3 is 129 Å². The van der Waals surface area contributed by atoms with Crippen LogP contribution in [0.2, 0.25) is 0 Å². The van der Waals surface area contributed by atoms with Crippen LogP contribution in [0, 0.1) is 0 Å². The normalized spacial score (nSPS) is 14.9. The van der Waals surface area contributed by atoms with E-state index in [0.29, 0.717) is 0 Å². The van der Waals surface area contributed by atoms with Gasteiger partial charge in [-0.15, -0.1) is 0 Å². The molecule has 21 heavy (non-hydrogen) atoms. The fourth-order valence-electron chi connectivity index (χ4n) is 2.87. The topological polar surface area (TPSA) is 48.8 Å². The molecule has 0 unspecified atom stereocenters. The van der Waals surface area contributed by atoms with Crippen LogP contribution in [0.4, 0.5) is 22.7 Å². The summed E-state index contributed by atoms with van der Waals surface area (Å²) in [5.74, 6) is 0. The van der Waals surface area contributed by atoms with Crippen molar-refractivity contribution in [3.63, 3.8) is 0 Å². The molecule has 5 heteroatoms. The van der Waals surface area contributed by atoms with Crippen LogP contribution in [0.25, 0.3) is 0 Å². The molecule has 0 saturated heterocycles. The van der Waals surface area contributed by atoms with E-state index in [1.165, 1.54) is 29.7 Å². The molecule has 0 radical (unpaired) electrons. The first-order valence-electron chi connectivity index (χ1n) is 7.21. The summed E-state index contributed by atoms with van der Waals surface area (Å²) in [4.78, 5) is 0. The third kappa shape index (κ3) is 2.43. The SMILES string of the molecule is c1cc2c(c(CNc3cccc4c3N=[Se]=N4)c1)NCCC2. The molecule has 0 aromatic heterocycles. The molecular weight excluding hydrogens is 327 g/mol. The Labute approximate surface area is 129 Å². The zero-order valence-electron chi connectivity index (χ0n) is 11.6. The van der Waals surface area contributed by atoms with E-state index in [-0.39, 0.29) is 14.6 Å². The molecule has 2 aliphatic heterocycles. The van der Waals surface area contributed by atoms with Gasteiger partial charge in [0.15, 0.2) is 0 Å². The molecule has 0 amide bonds. The average molecular weight is 343 g/mol. The summed E-state index contributed by atoms with van der Waals surface area (Å²) in [7, 11) is 0. The van der Waals surface area contributed by atoms with Crippen LogP contribution >= 0.6 is 0 Å². The maximum absolute atomic E-state index is 4.52. The van der Waals surface area contributed by atoms with E-state index in [1.807, 2.05) is 12.1 Å². The Kier molecular flexibility index (Phi) is 3.37. The molecule has 2 aromatic carbocycles. The van der Waals surface area contributed by atoms with Crippen LogP contribution in [-0.4, -0.2) is 21.1 Å². The summed E-state index contributed by atoms with van der Waals surface area (Å²) in [5.41, 5.74) is 7.20. The molecule has 2 aliphatic rings. The number of benzene rings is 2. The van der Waals surface area contributed by atoms with E-state index < -0.39 is 0 Å². The number of nitrogens with zero attached hydrogens (tertiary/aromatic N) is 2. The van der Waals surface area contributed by atoms with Crippen LogP contribution in [-0.2, 0) is 13.0 Å². The summed E-state index contributed by atoms with van der Waals surface area (Å²) in [6, 6.07) is 12.7. The first-order chi connectivity index (χ1) is 10.4. The van der Waals surface area contributed by atoms with Crippen molar-refractivity contribution in [2.75, 3.05) is 17.2 Å². The third-order valence-electron chi connectivity index (χ3n) is 3.92. The summed E-state index contributed by atoms with van der Waals surface area (Å²) >= 11 is 0.0214. The first kappa shape index (κ1) is 12.9. The molecule has 2 N–H and O–H groups in total. The van der Waals surface area contributed by atoms with E-state index in [9.17, 15) is 0 Å². The second kappa shape index (κ2) is 5.51. The number of aryl methyl sites for hydroxylation is 1. The number of hydrogen-bond donors (Lipinski definition) is 2. The fourth-order valence-corrected chi connectivity index (χ4v) is 4.02. The average Bonchev–Trinajstić information content (AvgIpc) is 3.02. The second-order valence-electron chi connectivity index (χ2n) is 5.27. The standard InChI is InChI=1S/C16H16N4Se/c1-4-11-6-3-9-17-15(11)12(5-1)10-18-13-7-2-8-14-16(13)20-21-19-14/h1-2,4-5,7-8,17-18H,3,6,9-10H2. The van der Waals surface area contributed by atoms with E-state index in [2.05, 4.69) is 42.8 Å². The van der Waals surface area contributed by atoms with E-state index >= 15 is 0 Å². The fraction of sp³-hybridized carbons (Fsp3) is 0.250. The molecule has 106 valence electrons. The Morgan fingerprint density at radius 1 is 1.14 bits per heavy atom. The van der Waals surface area contributed by atoms with Crippen molar-refractivity contribution in [1.29, 1.82) is 0 Å². The summed E-state index contributed by atoms with van der Waals surface area (Å²) in [5, 5.41) is 7.07. The monoisotopic (exact) mass is 344 g/mol. The van der Waals surface area contributed by atoms with Crippen LogP contribution in [0.15, 0.2) is 44.3 Å². The van der Waals surface area contributed by atoms with Crippen molar-refractivity contribution in [2.24, 2.45) is 7.92 Å². The Hall–Kier alpha value is -1.84. The minimum atomic E-state index is 0.0214. The quantitative estimate of drug-likeness (QED) is 0.706. The van der Waals surface area contributed by atoms with E-state index in [0.717, 1.165) is 30.2 Å². The minimum absolute atomic E-state index is 0.0214. The Morgan fingerprint density at radius 2 is 2.10 bits per heavy atom. The molecule has 0 aliphatic carbocycles. The van der Waals surface area contributed by atoms with E-state index in [4.69, 9.17) is 0 Å². The van der Waals surface area contributed by atoms with Gasteiger partial charge in [-0.3, -0.25) is 0 Å². The number of nitrogens with one attached hydrogen (secondary N) is 2. The molecule has 0 saturated carbocycles. The van der Waals surface area contributed by atoms with Gasteiger partial charge < -0.3 is 0 Å². The predicted octanol–water partition coefficient (Wildman–Crippen LogP) is 4.00. The van der Waals surface area contributed by atoms with E-state index in [1.54, 1.807) is 0 Å². The second-order valence-corrected chi connectivity index (χ2v) is 6.38. The third-order valence-corrected chi connectivity index (χ3v) is 5.06. The van der Waals surface area contributed by atoms with Gasteiger partial charge in [0.05, 0.1) is 0 Å². The number of rotatable bonds is 3. The number of fused-ring (bicyclic) bond motifs is 2. The number of para-hydroxylation sites is 1. The molecule has 0 atom stereocenters. The van der Waals surface area contributed by atoms with Gasteiger partial charge in [-0.05, 0) is 0 Å². The van der Waals surface area contributed by atoms with Gasteiger partial charge in [-0.1, -0.05) is 0 Å². The van der Waals surface area contributed by atoms with Crippen LogP contribution in [0.1, 0.15) is 17.5 Å². The summed E-state index contributed by atoms with van der Waals surface area (Å²) in [6.07, 6.45) is 2.40. The molecule has 4 nitrogen and oxygen atoms in total. The van der Waals surface area contributed by atoms with Gasteiger partial charge in [0.1, 0.15) is 0 Å². The van der Waals surface area contributed by atoms with Gasteiger partial charge in [0, 0.05) is 0 Å². The van der Waals surface area contributed by atoms with Crippen LogP contribution < -0.4 is 10.6 Å². The van der Waals surface area contributed by atoms with Crippen molar-refractivity contribution in [3.8, 4) is 0 Å². The van der Waals surface area contributed by atoms with Gasteiger partial charge in [0.25, 0.3) is 0 Å². The van der Waals surface area contributed by atoms with Crippen molar-refractivity contribution in [3.05, 3.63) is 47.5 Å². The molecule has 0 bridgehead atoms. The van der Waals surface area contributed by atoms with Crippen LogP contribution in [0.3, 0.4) is 0 Å². The zero-order valence-corrected chi connectivity index (χ0v) is 13.3. The predicted molar refractivity (Wildman–Crippen MR) is 87.0 cm³/mol. The van der Waals surface area contributed by atoms with Crippen LogP contribution in [0.5, 0.6) is 0 Å². The van der Waals surface area contributed by atoms with Crippen molar-refractivity contribution < 1.29 is 0 Å². The molecule has 2 heterocycles. The molecule has 0 fully saturated rings. The molecule has 4 rings (SSSR count). The Balaban J connectivity index is 1.58. The summed E-state index contributed by atoms with van der Waals surface area (Å²) in [6.45, 7) is 1.89. The Bertz CT molecular complexity index is 763. The first-order valence-corrected chi connectivity index (χ1v) is 8.75.